The van der Waals surface area contributed by atoms with Crippen LogP contribution in [0.15, 0.2) is 12.2 Å². The molecule has 0 spiro atoms. The summed E-state index contributed by atoms with van der Waals surface area (Å²) < 4.78 is 0. The molecule has 4 rings (SSSR count). The maximum atomic E-state index is 10.5. The standard InChI is InChI=1S/C13H18O2/c14-13(15)2-1-12-10-4-8-3-9(6-10)7-11(12)5-8/h1-2,8-12H,3-7H2,(H,14,15). The highest BCUT2D eigenvalue weighted by molar-refractivity contribution is 5.79. The molecule has 0 aromatic carbocycles. The lowest BCUT2D eigenvalue weighted by molar-refractivity contribution is -0.131. The molecule has 82 valence electrons. The third-order valence-electron chi connectivity index (χ3n) is 4.76. The maximum absolute atomic E-state index is 10.5. The van der Waals surface area contributed by atoms with Gasteiger partial charge in [0.2, 0.25) is 0 Å². The second kappa shape index (κ2) is 3.36. The lowest BCUT2D eigenvalue weighted by Crippen LogP contribution is -2.44. The highest BCUT2D eigenvalue weighted by atomic mass is 16.4. The molecule has 0 amide bonds. The largest absolute Gasteiger partial charge is 0.478 e. The average Bonchev–Trinajstić information content (AvgIpc) is 2.14. The third kappa shape index (κ3) is 1.60. The van der Waals surface area contributed by atoms with Crippen molar-refractivity contribution in [3.63, 3.8) is 0 Å². The summed E-state index contributed by atoms with van der Waals surface area (Å²) in [5.74, 6) is 3.34. The molecule has 15 heavy (non-hydrogen) atoms. The van der Waals surface area contributed by atoms with Gasteiger partial charge in [-0.3, -0.25) is 0 Å². The van der Waals surface area contributed by atoms with Crippen molar-refractivity contribution in [2.24, 2.45) is 29.6 Å². The van der Waals surface area contributed by atoms with Crippen LogP contribution < -0.4 is 0 Å². The van der Waals surface area contributed by atoms with Crippen LogP contribution in [0.4, 0.5) is 0 Å². The van der Waals surface area contributed by atoms with E-state index >= 15 is 0 Å². The number of carboxylic acid groups (broad SMARTS) is 1. The Morgan fingerprint density at radius 1 is 1.00 bits per heavy atom. The van der Waals surface area contributed by atoms with Crippen molar-refractivity contribution in [3.8, 4) is 0 Å². The smallest absolute Gasteiger partial charge is 0.327 e. The maximum Gasteiger partial charge on any atom is 0.327 e. The van der Waals surface area contributed by atoms with Crippen LogP contribution in [0, 0.1) is 29.6 Å². The quantitative estimate of drug-likeness (QED) is 0.705. The van der Waals surface area contributed by atoms with E-state index in [0.717, 1.165) is 23.7 Å². The van der Waals surface area contributed by atoms with Gasteiger partial charge in [0.25, 0.3) is 0 Å². The predicted molar refractivity (Wildman–Crippen MR) is 57.3 cm³/mol. The molecule has 0 aliphatic heterocycles. The van der Waals surface area contributed by atoms with E-state index in [1.54, 1.807) is 0 Å². The van der Waals surface area contributed by atoms with Gasteiger partial charge in [-0.05, 0) is 61.7 Å². The Morgan fingerprint density at radius 3 is 2.00 bits per heavy atom. The highest BCUT2D eigenvalue weighted by Crippen LogP contribution is 2.56. The van der Waals surface area contributed by atoms with E-state index in [1.165, 1.54) is 38.2 Å². The normalized spacial score (nSPS) is 47.6. The second-order valence-corrected chi connectivity index (χ2v) is 5.71. The zero-order valence-electron chi connectivity index (χ0n) is 8.93. The number of hydrogen-bond donors (Lipinski definition) is 1. The van der Waals surface area contributed by atoms with Crippen molar-refractivity contribution in [1.29, 1.82) is 0 Å². The van der Waals surface area contributed by atoms with E-state index in [-0.39, 0.29) is 0 Å². The van der Waals surface area contributed by atoms with Gasteiger partial charge in [0.05, 0.1) is 0 Å². The summed E-state index contributed by atoms with van der Waals surface area (Å²) >= 11 is 0. The third-order valence-corrected chi connectivity index (χ3v) is 4.76. The first-order valence-electron chi connectivity index (χ1n) is 6.13. The molecule has 0 aromatic heterocycles. The van der Waals surface area contributed by atoms with Crippen LogP contribution in [0.25, 0.3) is 0 Å². The van der Waals surface area contributed by atoms with Crippen molar-refractivity contribution in [2.75, 3.05) is 0 Å². The monoisotopic (exact) mass is 206 g/mol. The van der Waals surface area contributed by atoms with Gasteiger partial charge in [-0.1, -0.05) is 6.08 Å². The number of carbonyl (C=O) groups is 1. The molecule has 4 fully saturated rings. The Morgan fingerprint density at radius 2 is 1.53 bits per heavy atom. The molecule has 0 saturated heterocycles. The molecule has 0 unspecified atom stereocenters. The molecule has 4 saturated carbocycles. The Kier molecular flexibility index (Phi) is 2.11. The Labute approximate surface area is 90.4 Å². The zero-order chi connectivity index (χ0) is 10.4. The summed E-state index contributed by atoms with van der Waals surface area (Å²) in [5, 5.41) is 8.68. The van der Waals surface area contributed by atoms with Gasteiger partial charge < -0.3 is 5.11 Å². The molecule has 0 atom stereocenters. The van der Waals surface area contributed by atoms with Crippen molar-refractivity contribution in [1.82, 2.24) is 0 Å². The van der Waals surface area contributed by atoms with Crippen LogP contribution in [0.5, 0.6) is 0 Å². The van der Waals surface area contributed by atoms with Crippen LogP contribution in [0.1, 0.15) is 32.1 Å². The topological polar surface area (TPSA) is 37.3 Å². The number of carboxylic acids is 1. The van der Waals surface area contributed by atoms with Crippen molar-refractivity contribution in [2.45, 2.75) is 32.1 Å². The molecule has 2 nitrogen and oxygen atoms in total. The van der Waals surface area contributed by atoms with E-state index in [1.807, 2.05) is 6.08 Å². The minimum Gasteiger partial charge on any atom is -0.478 e. The van der Waals surface area contributed by atoms with Crippen molar-refractivity contribution >= 4 is 5.97 Å². The van der Waals surface area contributed by atoms with Crippen LogP contribution >= 0.6 is 0 Å². The SMILES string of the molecule is O=C(O)C=CC1C2CC3CC(C2)CC1C3. The first-order chi connectivity index (χ1) is 7.22. The predicted octanol–water partition coefficient (Wildman–Crippen LogP) is 2.70. The van der Waals surface area contributed by atoms with Gasteiger partial charge in [-0.15, -0.1) is 0 Å². The molecule has 0 heterocycles. The fourth-order valence-corrected chi connectivity index (χ4v) is 4.47. The van der Waals surface area contributed by atoms with Crippen LogP contribution in [0.2, 0.25) is 0 Å². The fraction of sp³-hybridized carbons (Fsp3) is 0.769. The van der Waals surface area contributed by atoms with Gasteiger partial charge in [0, 0.05) is 6.08 Å². The molecule has 1 N–H and O–H groups in total. The second-order valence-electron chi connectivity index (χ2n) is 5.71. The molecular formula is C13H18O2. The molecule has 0 aromatic rings. The van der Waals surface area contributed by atoms with Crippen LogP contribution in [-0.4, -0.2) is 11.1 Å². The first kappa shape index (κ1) is 9.44. The summed E-state index contributed by atoms with van der Waals surface area (Å²) in [6.07, 6.45) is 10.3. The summed E-state index contributed by atoms with van der Waals surface area (Å²) in [5.41, 5.74) is 0. The Balaban J connectivity index is 1.77. The summed E-state index contributed by atoms with van der Waals surface area (Å²) in [6.45, 7) is 0. The summed E-state index contributed by atoms with van der Waals surface area (Å²) in [6, 6.07) is 0. The molecule has 4 aliphatic carbocycles. The van der Waals surface area contributed by atoms with Gasteiger partial charge in [-0.25, -0.2) is 4.79 Å². The van der Waals surface area contributed by atoms with E-state index < -0.39 is 5.97 Å². The Hall–Kier alpha value is -0.790. The van der Waals surface area contributed by atoms with Crippen molar-refractivity contribution in [3.05, 3.63) is 12.2 Å². The lowest BCUT2D eigenvalue weighted by Gasteiger charge is -2.53. The first-order valence-corrected chi connectivity index (χ1v) is 6.13. The van der Waals surface area contributed by atoms with Gasteiger partial charge >= 0.3 is 5.97 Å². The number of aliphatic carboxylic acids is 1. The number of rotatable bonds is 2. The van der Waals surface area contributed by atoms with Crippen LogP contribution in [0.3, 0.4) is 0 Å². The minimum absolute atomic E-state index is 0.578. The van der Waals surface area contributed by atoms with Gasteiger partial charge in [0.1, 0.15) is 0 Å². The van der Waals surface area contributed by atoms with E-state index in [4.69, 9.17) is 5.11 Å². The van der Waals surface area contributed by atoms with E-state index in [0.29, 0.717) is 5.92 Å². The summed E-state index contributed by atoms with van der Waals surface area (Å²) in [7, 11) is 0. The molecule has 2 heteroatoms. The minimum atomic E-state index is -0.788. The molecule has 4 aliphatic rings. The number of hydrogen-bond acceptors (Lipinski definition) is 1. The fourth-order valence-electron chi connectivity index (χ4n) is 4.47. The Bertz CT molecular complexity index is 278. The number of allylic oxidation sites excluding steroid dienone is 1. The highest BCUT2D eigenvalue weighted by Gasteiger charge is 2.47. The lowest BCUT2D eigenvalue weighted by atomic mass is 9.52. The van der Waals surface area contributed by atoms with Crippen molar-refractivity contribution < 1.29 is 9.90 Å². The van der Waals surface area contributed by atoms with E-state index in [9.17, 15) is 4.79 Å². The zero-order valence-corrected chi connectivity index (χ0v) is 8.93. The molecule has 4 bridgehead atoms. The van der Waals surface area contributed by atoms with Crippen LogP contribution in [-0.2, 0) is 4.79 Å². The average molecular weight is 206 g/mol. The van der Waals surface area contributed by atoms with Gasteiger partial charge in [-0.2, -0.15) is 0 Å². The summed E-state index contributed by atoms with van der Waals surface area (Å²) in [4.78, 5) is 10.5. The van der Waals surface area contributed by atoms with E-state index in [2.05, 4.69) is 0 Å². The van der Waals surface area contributed by atoms with Gasteiger partial charge in [0.15, 0.2) is 0 Å². The molecular weight excluding hydrogens is 188 g/mol. The molecule has 0 radical (unpaired) electrons.